The number of rotatable bonds is 3. The predicted molar refractivity (Wildman–Crippen MR) is 84.3 cm³/mol. The van der Waals surface area contributed by atoms with Crippen LogP contribution in [0.4, 0.5) is 0 Å². The van der Waals surface area contributed by atoms with E-state index < -0.39 is 16.0 Å². The molecule has 6 nitrogen and oxygen atoms in total. The summed E-state index contributed by atoms with van der Waals surface area (Å²) in [5, 5.41) is 8.90. The molecule has 3 rings (SSSR count). The standard InChI is InChI=1S/C15H18ClNO5S/c16-12-8-11(14(18)19)2-3-13(12)23(20,21)17-6-1-4-15(9-17)5-7-22-10-15/h2-3,8H,1,4-7,9-10H2,(H,18,19). The first-order valence-electron chi connectivity index (χ1n) is 7.45. The highest BCUT2D eigenvalue weighted by atomic mass is 35.5. The van der Waals surface area contributed by atoms with Crippen LogP contribution in [0.3, 0.4) is 0 Å². The molecule has 2 aliphatic heterocycles. The fourth-order valence-corrected chi connectivity index (χ4v) is 5.43. The van der Waals surface area contributed by atoms with E-state index in [1.165, 1.54) is 22.5 Å². The van der Waals surface area contributed by atoms with Gasteiger partial charge in [0.2, 0.25) is 10.0 Å². The second-order valence-corrected chi connectivity index (χ2v) is 8.51. The van der Waals surface area contributed by atoms with E-state index in [-0.39, 0.29) is 20.9 Å². The summed E-state index contributed by atoms with van der Waals surface area (Å²) in [6, 6.07) is 3.71. The molecule has 1 aromatic rings. The van der Waals surface area contributed by atoms with Gasteiger partial charge in [0.05, 0.1) is 17.2 Å². The third-order valence-electron chi connectivity index (χ3n) is 4.61. The molecule has 2 fully saturated rings. The molecule has 1 N–H and O–H groups in total. The van der Waals surface area contributed by atoms with E-state index in [0.29, 0.717) is 26.3 Å². The van der Waals surface area contributed by atoms with Crippen molar-refractivity contribution in [1.29, 1.82) is 0 Å². The van der Waals surface area contributed by atoms with Crippen LogP contribution in [0.5, 0.6) is 0 Å². The van der Waals surface area contributed by atoms with Crippen LogP contribution in [0, 0.1) is 5.41 Å². The maximum absolute atomic E-state index is 12.9. The first-order chi connectivity index (χ1) is 10.8. The first-order valence-corrected chi connectivity index (χ1v) is 9.27. The number of halogens is 1. The van der Waals surface area contributed by atoms with Crippen LogP contribution in [-0.2, 0) is 14.8 Å². The van der Waals surface area contributed by atoms with E-state index >= 15 is 0 Å². The molecular formula is C15H18ClNO5S. The summed E-state index contributed by atoms with van der Waals surface area (Å²) in [6.07, 6.45) is 2.61. The fourth-order valence-electron chi connectivity index (χ4n) is 3.32. The Kier molecular flexibility index (Phi) is 4.39. The molecule has 0 saturated carbocycles. The number of piperidine rings is 1. The molecular weight excluding hydrogens is 342 g/mol. The Morgan fingerprint density at radius 3 is 2.74 bits per heavy atom. The van der Waals surface area contributed by atoms with Crippen molar-refractivity contribution < 1.29 is 23.1 Å². The number of nitrogens with zero attached hydrogens (tertiary/aromatic N) is 1. The minimum atomic E-state index is -3.75. The van der Waals surface area contributed by atoms with Gasteiger partial charge in [-0.25, -0.2) is 13.2 Å². The summed E-state index contributed by atoms with van der Waals surface area (Å²) >= 11 is 6.03. The van der Waals surface area contributed by atoms with Gasteiger partial charge < -0.3 is 9.84 Å². The number of carboxylic acid groups (broad SMARTS) is 1. The maximum atomic E-state index is 12.9. The predicted octanol–water partition coefficient (Wildman–Crippen LogP) is 2.23. The number of hydrogen-bond donors (Lipinski definition) is 1. The molecule has 1 unspecified atom stereocenters. The van der Waals surface area contributed by atoms with Crippen molar-refractivity contribution in [1.82, 2.24) is 4.31 Å². The summed E-state index contributed by atoms with van der Waals surface area (Å²) in [5.41, 5.74) is -0.132. The minimum Gasteiger partial charge on any atom is -0.478 e. The molecule has 8 heteroatoms. The molecule has 23 heavy (non-hydrogen) atoms. The topological polar surface area (TPSA) is 83.9 Å². The lowest BCUT2D eigenvalue weighted by molar-refractivity contribution is 0.0696. The van der Waals surface area contributed by atoms with E-state index in [9.17, 15) is 13.2 Å². The molecule has 2 heterocycles. The Morgan fingerprint density at radius 1 is 1.35 bits per heavy atom. The smallest absolute Gasteiger partial charge is 0.335 e. The summed E-state index contributed by atoms with van der Waals surface area (Å²) < 4.78 is 32.7. The van der Waals surface area contributed by atoms with Gasteiger partial charge in [-0.05, 0) is 37.5 Å². The molecule has 0 bridgehead atoms. The highest BCUT2D eigenvalue weighted by Crippen LogP contribution is 2.40. The van der Waals surface area contributed by atoms with Crippen molar-refractivity contribution in [2.45, 2.75) is 24.2 Å². The van der Waals surface area contributed by atoms with Crippen molar-refractivity contribution in [2.24, 2.45) is 5.41 Å². The third-order valence-corrected chi connectivity index (χ3v) is 6.94. The number of aromatic carboxylic acids is 1. The number of carboxylic acids is 1. The van der Waals surface area contributed by atoms with Crippen molar-refractivity contribution in [3.8, 4) is 0 Å². The van der Waals surface area contributed by atoms with Gasteiger partial charge in [0.25, 0.3) is 0 Å². The zero-order chi connectivity index (χ0) is 16.7. The average molecular weight is 360 g/mol. The van der Waals surface area contributed by atoms with Gasteiger partial charge in [0.15, 0.2) is 0 Å². The molecule has 1 aromatic carbocycles. The van der Waals surface area contributed by atoms with Gasteiger partial charge >= 0.3 is 5.97 Å². The second kappa shape index (κ2) is 6.05. The molecule has 0 aromatic heterocycles. The number of ether oxygens (including phenoxy) is 1. The molecule has 0 aliphatic carbocycles. The van der Waals surface area contributed by atoms with Crippen molar-refractivity contribution in [3.63, 3.8) is 0 Å². The molecule has 0 radical (unpaired) electrons. The van der Waals surface area contributed by atoms with E-state index in [1.54, 1.807) is 0 Å². The number of hydrogen-bond acceptors (Lipinski definition) is 4. The second-order valence-electron chi connectivity index (χ2n) is 6.20. The van der Waals surface area contributed by atoms with E-state index in [1.807, 2.05) is 0 Å². The minimum absolute atomic E-state index is 0.0340. The van der Waals surface area contributed by atoms with Crippen molar-refractivity contribution in [2.75, 3.05) is 26.3 Å². The fraction of sp³-hybridized carbons (Fsp3) is 0.533. The zero-order valence-electron chi connectivity index (χ0n) is 12.5. The molecule has 1 atom stereocenters. The SMILES string of the molecule is O=C(O)c1ccc(S(=O)(=O)N2CCCC3(CCOC3)C2)c(Cl)c1. The van der Waals surface area contributed by atoms with Crippen LogP contribution < -0.4 is 0 Å². The highest BCUT2D eigenvalue weighted by molar-refractivity contribution is 7.89. The van der Waals surface area contributed by atoms with Gasteiger partial charge in [-0.3, -0.25) is 0 Å². The molecule has 1 spiro atoms. The monoisotopic (exact) mass is 359 g/mol. The summed E-state index contributed by atoms with van der Waals surface area (Å²) in [5.74, 6) is -1.14. The van der Waals surface area contributed by atoms with Crippen LogP contribution in [-0.4, -0.2) is 50.1 Å². The Labute approximate surface area is 140 Å². The molecule has 2 saturated heterocycles. The van der Waals surface area contributed by atoms with Crippen LogP contribution in [0.15, 0.2) is 23.1 Å². The number of benzene rings is 1. The highest BCUT2D eigenvalue weighted by Gasteiger charge is 2.43. The molecule has 0 amide bonds. The van der Waals surface area contributed by atoms with Gasteiger partial charge in [0.1, 0.15) is 4.90 Å². The van der Waals surface area contributed by atoms with E-state index in [4.69, 9.17) is 21.4 Å². The van der Waals surface area contributed by atoms with Gasteiger partial charge in [-0.15, -0.1) is 0 Å². The van der Waals surface area contributed by atoms with Crippen LogP contribution in [0.25, 0.3) is 0 Å². The van der Waals surface area contributed by atoms with Crippen LogP contribution in [0.2, 0.25) is 5.02 Å². The number of carbonyl (C=O) groups is 1. The first kappa shape index (κ1) is 16.7. The number of sulfonamides is 1. The summed E-state index contributed by atoms with van der Waals surface area (Å²) in [6.45, 7) is 2.13. The van der Waals surface area contributed by atoms with Crippen molar-refractivity contribution >= 4 is 27.6 Å². The van der Waals surface area contributed by atoms with Gasteiger partial charge in [-0.1, -0.05) is 11.6 Å². The van der Waals surface area contributed by atoms with E-state index in [2.05, 4.69) is 0 Å². The third kappa shape index (κ3) is 3.10. The lowest BCUT2D eigenvalue weighted by atomic mass is 9.80. The normalized spacial score (nSPS) is 25.8. The lowest BCUT2D eigenvalue weighted by Gasteiger charge is -2.38. The summed E-state index contributed by atoms with van der Waals surface area (Å²) in [4.78, 5) is 10.9. The zero-order valence-corrected chi connectivity index (χ0v) is 14.1. The summed E-state index contributed by atoms with van der Waals surface area (Å²) in [7, 11) is -3.75. The molecule has 2 aliphatic rings. The average Bonchev–Trinajstić information content (AvgIpc) is 2.94. The Morgan fingerprint density at radius 2 is 2.13 bits per heavy atom. The van der Waals surface area contributed by atoms with Crippen LogP contribution in [0.1, 0.15) is 29.6 Å². The quantitative estimate of drug-likeness (QED) is 0.894. The lowest BCUT2D eigenvalue weighted by Crippen LogP contribution is -2.46. The Hall–Kier alpha value is -1.15. The van der Waals surface area contributed by atoms with Gasteiger partial charge in [-0.2, -0.15) is 4.31 Å². The maximum Gasteiger partial charge on any atom is 0.335 e. The van der Waals surface area contributed by atoms with Gasteiger partial charge in [0, 0.05) is 25.1 Å². The van der Waals surface area contributed by atoms with Crippen molar-refractivity contribution in [3.05, 3.63) is 28.8 Å². The Balaban J connectivity index is 1.90. The Bertz CT molecular complexity index is 727. The largest absolute Gasteiger partial charge is 0.478 e. The van der Waals surface area contributed by atoms with E-state index in [0.717, 1.165) is 19.3 Å². The molecule has 126 valence electrons. The van der Waals surface area contributed by atoms with Crippen LogP contribution >= 0.6 is 11.6 Å².